The van der Waals surface area contributed by atoms with Crippen molar-refractivity contribution in [2.45, 2.75) is 12.6 Å². The van der Waals surface area contributed by atoms with Gasteiger partial charge in [-0.1, -0.05) is 0 Å². The van der Waals surface area contributed by atoms with Gasteiger partial charge in [0.2, 0.25) is 0 Å². The first-order valence-corrected chi connectivity index (χ1v) is 8.50. The predicted molar refractivity (Wildman–Crippen MR) is 67.5 cm³/mol. The van der Waals surface area contributed by atoms with Gasteiger partial charge in [-0.05, 0) is 12.3 Å². The molecule has 1 aliphatic rings. The second kappa shape index (κ2) is 6.37. The molecular weight excluding hydrogens is 328 g/mol. The molecule has 114 valence electrons. The van der Waals surface area contributed by atoms with Crippen LogP contribution in [0.3, 0.4) is 0 Å². The van der Waals surface area contributed by atoms with E-state index in [-0.39, 0.29) is 35.8 Å². The molecule has 0 aliphatic carbocycles. The Morgan fingerprint density at radius 1 is 1.16 bits per heavy atom. The maximum atomic E-state index is 12.1. The standard InChI is InChI=1S/C10H15Cl2F3O3S/c11-4-9(5-12,6-18-7-10(13,14)15)8-1-2-19(16,17)3-8/h8H,1-7H2. The van der Waals surface area contributed by atoms with E-state index in [1.165, 1.54) is 0 Å². The Morgan fingerprint density at radius 2 is 1.74 bits per heavy atom. The Labute approximate surface area is 120 Å². The van der Waals surface area contributed by atoms with Crippen molar-refractivity contribution in [2.75, 3.05) is 36.5 Å². The van der Waals surface area contributed by atoms with Gasteiger partial charge in [0, 0.05) is 17.2 Å². The average molecular weight is 343 g/mol. The fourth-order valence-corrected chi connectivity index (χ4v) is 4.92. The van der Waals surface area contributed by atoms with Crippen LogP contribution < -0.4 is 0 Å². The van der Waals surface area contributed by atoms with Crippen LogP contribution in [0, 0.1) is 11.3 Å². The van der Waals surface area contributed by atoms with E-state index in [1.807, 2.05) is 0 Å². The Hall–Kier alpha value is 0.280. The molecule has 1 unspecified atom stereocenters. The molecule has 0 N–H and O–H groups in total. The van der Waals surface area contributed by atoms with Crippen molar-refractivity contribution in [3.05, 3.63) is 0 Å². The maximum absolute atomic E-state index is 12.1. The summed E-state index contributed by atoms with van der Waals surface area (Å²) in [5, 5.41) is 0. The molecule has 1 saturated heterocycles. The highest BCUT2D eigenvalue weighted by Gasteiger charge is 2.44. The number of sulfone groups is 1. The van der Waals surface area contributed by atoms with Crippen molar-refractivity contribution >= 4 is 33.0 Å². The van der Waals surface area contributed by atoms with E-state index < -0.39 is 28.0 Å². The lowest BCUT2D eigenvalue weighted by molar-refractivity contribution is -0.181. The molecule has 0 amide bonds. The third kappa shape index (κ3) is 4.95. The van der Waals surface area contributed by atoms with Gasteiger partial charge in [0.05, 0.1) is 18.1 Å². The van der Waals surface area contributed by atoms with Crippen LogP contribution in [-0.2, 0) is 14.6 Å². The molecule has 3 nitrogen and oxygen atoms in total. The van der Waals surface area contributed by atoms with Crippen LogP contribution in [0.4, 0.5) is 13.2 Å². The summed E-state index contributed by atoms with van der Waals surface area (Å²) in [6.07, 6.45) is -4.07. The third-order valence-corrected chi connectivity index (χ3v) is 6.12. The summed E-state index contributed by atoms with van der Waals surface area (Å²) in [7, 11) is -3.15. The minimum atomic E-state index is -4.42. The minimum Gasteiger partial charge on any atom is -0.371 e. The van der Waals surface area contributed by atoms with Gasteiger partial charge in [-0.25, -0.2) is 8.42 Å². The summed E-state index contributed by atoms with van der Waals surface area (Å²) in [6.45, 7) is -1.68. The summed E-state index contributed by atoms with van der Waals surface area (Å²) < 4.78 is 63.7. The topological polar surface area (TPSA) is 43.4 Å². The van der Waals surface area contributed by atoms with E-state index in [0.29, 0.717) is 6.42 Å². The summed E-state index contributed by atoms with van der Waals surface area (Å²) in [6, 6.07) is 0. The molecule has 19 heavy (non-hydrogen) atoms. The smallest absolute Gasteiger partial charge is 0.371 e. The second-order valence-corrected chi connectivity index (χ2v) is 7.60. The van der Waals surface area contributed by atoms with E-state index in [4.69, 9.17) is 23.2 Å². The molecule has 0 aromatic rings. The second-order valence-electron chi connectivity index (χ2n) is 4.84. The van der Waals surface area contributed by atoms with Crippen LogP contribution in [0.5, 0.6) is 0 Å². The summed E-state index contributed by atoms with van der Waals surface area (Å²) in [5.41, 5.74) is -0.933. The molecule has 1 heterocycles. The fraction of sp³-hybridized carbons (Fsp3) is 1.00. The van der Waals surface area contributed by atoms with Crippen molar-refractivity contribution in [2.24, 2.45) is 11.3 Å². The van der Waals surface area contributed by atoms with Crippen LogP contribution >= 0.6 is 23.2 Å². The van der Waals surface area contributed by atoms with Crippen LogP contribution in [-0.4, -0.2) is 51.1 Å². The zero-order valence-corrected chi connectivity index (χ0v) is 12.4. The van der Waals surface area contributed by atoms with E-state index in [9.17, 15) is 21.6 Å². The van der Waals surface area contributed by atoms with Crippen LogP contribution in [0.15, 0.2) is 0 Å². The van der Waals surface area contributed by atoms with E-state index in [2.05, 4.69) is 4.74 Å². The molecule has 1 aliphatic heterocycles. The van der Waals surface area contributed by atoms with Crippen LogP contribution in [0.1, 0.15) is 6.42 Å². The minimum absolute atomic E-state index is 0.0203. The zero-order chi connectivity index (χ0) is 14.7. The highest BCUT2D eigenvalue weighted by atomic mass is 35.5. The van der Waals surface area contributed by atoms with Gasteiger partial charge in [-0.15, -0.1) is 23.2 Å². The lowest BCUT2D eigenvalue weighted by Crippen LogP contribution is -2.41. The lowest BCUT2D eigenvalue weighted by Gasteiger charge is -2.34. The third-order valence-electron chi connectivity index (χ3n) is 3.29. The molecule has 1 fully saturated rings. The van der Waals surface area contributed by atoms with Crippen molar-refractivity contribution in [3.8, 4) is 0 Å². The normalized spacial score (nSPS) is 23.7. The predicted octanol–water partition coefficient (Wildman–Crippen LogP) is 2.46. The first-order valence-electron chi connectivity index (χ1n) is 5.61. The van der Waals surface area contributed by atoms with E-state index in [0.717, 1.165) is 0 Å². The fourth-order valence-electron chi connectivity index (χ4n) is 2.10. The van der Waals surface area contributed by atoms with E-state index in [1.54, 1.807) is 0 Å². The molecule has 1 rings (SSSR count). The van der Waals surface area contributed by atoms with Gasteiger partial charge in [0.15, 0.2) is 9.84 Å². The zero-order valence-electron chi connectivity index (χ0n) is 10.0. The molecule has 0 aromatic heterocycles. The van der Waals surface area contributed by atoms with Crippen LogP contribution in [0.25, 0.3) is 0 Å². The van der Waals surface area contributed by atoms with Crippen molar-refractivity contribution in [1.29, 1.82) is 0 Å². The van der Waals surface area contributed by atoms with Gasteiger partial charge >= 0.3 is 6.18 Å². The number of alkyl halides is 5. The number of ether oxygens (including phenoxy) is 1. The summed E-state index contributed by atoms with van der Waals surface area (Å²) >= 11 is 11.6. The maximum Gasteiger partial charge on any atom is 0.411 e. The Balaban J connectivity index is 2.69. The van der Waals surface area contributed by atoms with Gasteiger partial charge < -0.3 is 4.74 Å². The molecule has 0 aromatic carbocycles. The largest absolute Gasteiger partial charge is 0.411 e. The molecule has 0 saturated carbocycles. The first-order chi connectivity index (χ1) is 8.64. The Kier molecular flexibility index (Phi) is 5.81. The lowest BCUT2D eigenvalue weighted by atomic mass is 9.79. The van der Waals surface area contributed by atoms with Gasteiger partial charge in [0.1, 0.15) is 6.61 Å². The average Bonchev–Trinajstić information content (AvgIpc) is 2.64. The highest BCUT2D eigenvalue weighted by Crippen LogP contribution is 2.39. The quantitative estimate of drug-likeness (QED) is 0.696. The molecule has 1 atom stereocenters. The molecule has 0 bridgehead atoms. The van der Waals surface area contributed by atoms with Crippen molar-refractivity contribution in [3.63, 3.8) is 0 Å². The number of hydrogen-bond donors (Lipinski definition) is 0. The summed E-state index contributed by atoms with van der Waals surface area (Å²) in [5.74, 6) is -0.502. The Morgan fingerprint density at radius 3 is 2.11 bits per heavy atom. The number of rotatable bonds is 6. The number of halogens is 5. The molecular formula is C10H15Cl2F3O3S. The monoisotopic (exact) mass is 342 g/mol. The van der Waals surface area contributed by atoms with Crippen molar-refractivity contribution in [1.82, 2.24) is 0 Å². The SMILES string of the molecule is O=S1(=O)CCC(C(CCl)(CCl)COCC(F)(F)F)C1. The first kappa shape index (κ1) is 17.3. The highest BCUT2D eigenvalue weighted by molar-refractivity contribution is 7.91. The van der Waals surface area contributed by atoms with Gasteiger partial charge in [-0.2, -0.15) is 13.2 Å². The van der Waals surface area contributed by atoms with E-state index >= 15 is 0 Å². The molecule has 9 heteroatoms. The van der Waals surface area contributed by atoms with Gasteiger partial charge in [-0.3, -0.25) is 0 Å². The molecule has 0 radical (unpaired) electrons. The Bertz CT molecular complexity index is 393. The number of hydrogen-bond acceptors (Lipinski definition) is 3. The van der Waals surface area contributed by atoms with Crippen LogP contribution in [0.2, 0.25) is 0 Å². The van der Waals surface area contributed by atoms with Crippen molar-refractivity contribution < 1.29 is 26.3 Å². The summed E-state index contributed by atoms with van der Waals surface area (Å²) in [4.78, 5) is 0. The molecule has 0 spiro atoms. The van der Waals surface area contributed by atoms with Gasteiger partial charge in [0.25, 0.3) is 0 Å².